The van der Waals surface area contributed by atoms with Crippen molar-refractivity contribution in [3.05, 3.63) is 29.8 Å². The van der Waals surface area contributed by atoms with E-state index in [2.05, 4.69) is 20.5 Å². The Balaban J connectivity index is 3.12. The molecule has 1 aromatic carbocycles. The SMILES string of the molecule is O=C(Cl)c1ccccc1NBr. The van der Waals surface area contributed by atoms with E-state index in [-0.39, 0.29) is 0 Å². The van der Waals surface area contributed by atoms with Crippen molar-refractivity contribution in [2.75, 3.05) is 4.34 Å². The van der Waals surface area contributed by atoms with Gasteiger partial charge < -0.3 is 4.34 Å². The highest BCUT2D eigenvalue weighted by atomic mass is 79.9. The van der Waals surface area contributed by atoms with E-state index in [0.717, 1.165) is 0 Å². The van der Waals surface area contributed by atoms with E-state index in [1.54, 1.807) is 18.2 Å². The van der Waals surface area contributed by atoms with Crippen molar-refractivity contribution in [3.8, 4) is 0 Å². The van der Waals surface area contributed by atoms with Crippen LogP contribution in [0.5, 0.6) is 0 Å². The van der Waals surface area contributed by atoms with E-state index in [9.17, 15) is 4.79 Å². The van der Waals surface area contributed by atoms with Gasteiger partial charge in [0.15, 0.2) is 0 Å². The second-order valence-electron chi connectivity index (χ2n) is 1.91. The molecular formula is C7H5BrClNO. The molecule has 0 aromatic heterocycles. The smallest absolute Gasteiger partial charge is 0.254 e. The molecule has 0 saturated carbocycles. The summed E-state index contributed by atoms with van der Waals surface area (Å²) in [7, 11) is 0. The van der Waals surface area contributed by atoms with Gasteiger partial charge in [0.1, 0.15) is 0 Å². The summed E-state index contributed by atoms with van der Waals surface area (Å²) in [5, 5.41) is -0.465. The maximum atomic E-state index is 10.7. The molecule has 0 aliphatic rings. The summed E-state index contributed by atoms with van der Waals surface area (Å²) < 4.78 is 2.68. The molecule has 0 spiro atoms. The third-order valence-electron chi connectivity index (χ3n) is 1.24. The molecule has 0 heterocycles. The van der Waals surface area contributed by atoms with E-state index in [1.165, 1.54) is 0 Å². The van der Waals surface area contributed by atoms with Gasteiger partial charge in [-0.15, -0.1) is 0 Å². The van der Waals surface area contributed by atoms with Crippen LogP contribution < -0.4 is 4.34 Å². The first-order valence-corrected chi connectivity index (χ1v) is 4.08. The summed E-state index contributed by atoms with van der Waals surface area (Å²) in [5.41, 5.74) is 1.14. The number of para-hydroxylation sites is 1. The first kappa shape index (κ1) is 8.56. The van der Waals surface area contributed by atoms with Crippen molar-refractivity contribution in [1.82, 2.24) is 0 Å². The number of benzene rings is 1. The highest BCUT2D eigenvalue weighted by Gasteiger charge is 2.05. The van der Waals surface area contributed by atoms with E-state index in [1.807, 2.05) is 6.07 Å². The van der Waals surface area contributed by atoms with Crippen molar-refractivity contribution in [2.24, 2.45) is 0 Å². The number of rotatable bonds is 2. The predicted molar refractivity (Wildman–Crippen MR) is 49.2 cm³/mol. The Morgan fingerprint density at radius 1 is 1.45 bits per heavy atom. The Bertz CT molecular complexity index is 277. The first-order valence-electron chi connectivity index (χ1n) is 2.91. The fourth-order valence-corrected chi connectivity index (χ4v) is 1.25. The molecule has 0 radical (unpaired) electrons. The minimum atomic E-state index is -0.465. The molecule has 4 heteroatoms. The molecule has 1 N–H and O–H groups in total. The summed E-state index contributed by atoms with van der Waals surface area (Å²) in [6.45, 7) is 0. The van der Waals surface area contributed by atoms with Gasteiger partial charge in [-0.3, -0.25) is 4.79 Å². The Morgan fingerprint density at radius 3 is 2.55 bits per heavy atom. The largest absolute Gasteiger partial charge is 0.322 e. The Morgan fingerprint density at radius 2 is 2.09 bits per heavy atom. The second kappa shape index (κ2) is 3.74. The molecule has 0 unspecified atom stereocenters. The van der Waals surface area contributed by atoms with E-state index < -0.39 is 5.24 Å². The fraction of sp³-hybridized carbons (Fsp3) is 0. The van der Waals surface area contributed by atoms with E-state index in [0.29, 0.717) is 11.3 Å². The van der Waals surface area contributed by atoms with Crippen LogP contribution in [0.4, 0.5) is 5.69 Å². The summed E-state index contributed by atoms with van der Waals surface area (Å²) in [4.78, 5) is 10.7. The molecule has 0 amide bonds. The van der Waals surface area contributed by atoms with Crippen LogP contribution >= 0.6 is 27.7 Å². The van der Waals surface area contributed by atoms with Crippen LogP contribution in [0.3, 0.4) is 0 Å². The zero-order valence-corrected chi connectivity index (χ0v) is 7.82. The molecule has 11 heavy (non-hydrogen) atoms. The van der Waals surface area contributed by atoms with Crippen LogP contribution in [0, 0.1) is 0 Å². The van der Waals surface area contributed by atoms with E-state index >= 15 is 0 Å². The zero-order chi connectivity index (χ0) is 8.27. The van der Waals surface area contributed by atoms with E-state index in [4.69, 9.17) is 11.6 Å². The molecule has 0 fully saturated rings. The summed E-state index contributed by atoms with van der Waals surface area (Å²) in [5.74, 6) is 0. The minimum absolute atomic E-state index is 0.464. The molecule has 0 saturated heterocycles. The van der Waals surface area contributed by atoms with Gasteiger partial charge in [0, 0.05) is 16.1 Å². The molecule has 1 rings (SSSR count). The average molecular weight is 234 g/mol. The monoisotopic (exact) mass is 233 g/mol. The Labute approximate surface area is 77.9 Å². The number of anilines is 1. The van der Waals surface area contributed by atoms with Gasteiger partial charge in [-0.05, 0) is 23.7 Å². The molecule has 1 aromatic rings. The lowest BCUT2D eigenvalue weighted by Crippen LogP contribution is -1.93. The van der Waals surface area contributed by atoms with Crippen molar-refractivity contribution in [1.29, 1.82) is 0 Å². The zero-order valence-electron chi connectivity index (χ0n) is 5.47. The lowest BCUT2D eigenvalue weighted by molar-refractivity contribution is 0.108. The number of halogens is 2. The van der Waals surface area contributed by atoms with Crippen LogP contribution in [0.15, 0.2) is 24.3 Å². The van der Waals surface area contributed by atoms with Gasteiger partial charge in [-0.2, -0.15) is 0 Å². The topological polar surface area (TPSA) is 29.1 Å². The van der Waals surface area contributed by atoms with Gasteiger partial charge in [0.25, 0.3) is 5.24 Å². The fourth-order valence-electron chi connectivity index (χ4n) is 0.737. The highest BCUT2D eigenvalue weighted by molar-refractivity contribution is 9.10. The molecule has 0 atom stereocenters. The van der Waals surface area contributed by atoms with Crippen molar-refractivity contribution >= 4 is 38.7 Å². The third kappa shape index (κ3) is 1.94. The average Bonchev–Trinajstić information content (AvgIpc) is 2.04. The summed E-state index contributed by atoms with van der Waals surface area (Å²) in [6.07, 6.45) is 0. The lowest BCUT2D eigenvalue weighted by atomic mass is 10.2. The lowest BCUT2D eigenvalue weighted by Gasteiger charge is -2.01. The van der Waals surface area contributed by atoms with Crippen LogP contribution in [-0.4, -0.2) is 5.24 Å². The molecule has 0 bridgehead atoms. The van der Waals surface area contributed by atoms with Crippen molar-refractivity contribution in [2.45, 2.75) is 0 Å². The number of carbonyl (C=O) groups excluding carboxylic acids is 1. The molecule has 0 aliphatic heterocycles. The normalized spacial score (nSPS) is 9.27. The van der Waals surface area contributed by atoms with Gasteiger partial charge in [-0.25, -0.2) is 0 Å². The number of hydrogen-bond acceptors (Lipinski definition) is 2. The predicted octanol–water partition coefficient (Wildman–Crippen LogP) is 2.79. The summed E-state index contributed by atoms with van der Waals surface area (Å²) in [6, 6.07) is 6.97. The highest BCUT2D eigenvalue weighted by Crippen LogP contribution is 2.17. The van der Waals surface area contributed by atoms with Crippen LogP contribution in [0.1, 0.15) is 10.4 Å². The van der Waals surface area contributed by atoms with Crippen LogP contribution in [-0.2, 0) is 0 Å². The third-order valence-corrected chi connectivity index (χ3v) is 1.87. The maximum Gasteiger partial charge on any atom is 0.254 e. The van der Waals surface area contributed by atoms with Crippen molar-refractivity contribution < 1.29 is 4.79 Å². The second-order valence-corrected chi connectivity index (χ2v) is 2.65. The number of carbonyl (C=O) groups is 1. The number of nitrogens with one attached hydrogen (secondary N) is 1. The molecule has 2 nitrogen and oxygen atoms in total. The summed E-state index contributed by atoms with van der Waals surface area (Å²) >= 11 is 8.30. The number of hydrogen-bond donors (Lipinski definition) is 1. The molecular weight excluding hydrogens is 229 g/mol. The standard InChI is InChI=1S/C7H5BrClNO/c8-10-6-4-2-1-3-5(6)7(9)11/h1-4,10H. The Kier molecular flexibility index (Phi) is 2.91. The molecule has 0 aliphatic carbocycles. The maximum absolute atomic E-state index is 10.7. The van der Waals surface area contributed by atoms with Gasteiger partial charge >= 0.3 is 0 Å². The van der Waals surface area contributed by atoms with Gasteiger partial charge in [-0.1, -0.05) is 12.1 Å². The van der Waals surface area contributed by atoms with Gasteiger partial charge in [0.2, 0.25) is 0 Å². The first-order chi connectivity index (χ1) is 5.25. The van der Waals surface area contributed by atoms with Crippen molar-refractivity contribution in [3.63, 3.8) is 0 Å². The molecule has 58 valence electrons. The van der Waals surface area contributed by atoms with Crippen LogP contribution in [0.25, 0.3) is 0 Å². The minimum Gasteiger partial charge on any atom is -0.322 e. The van der Waals surface area contributed by atoms with Crippen LogP contribution in [0.2, 0.25) is 0 Å². The quantitative estimate of drug-likeness (QED) is 0.630. The van der Waals surface area contributed by atoms with Gasteiger partial charge in [0.05, 0.1) is 11.3 Å². The Hall–Kier alpha value is -0.540.